The van der Waals surface area contributed by atoms with E-state index in [2.05, 4.69) is 21.6 Å². The van der Waals surface area contributed by atoms with Crippen LogP contribution in [0.2, 0.25) is 0 Å². The van der Waals surface area contributed by atoms with Gasteiger partial charge < -0.3 is 20.1 Å². The van der Waals surface area contributed by atoms with Crippen LogP contribution in [0.1, 0.15) is 34.8 Å². The predicted molar refractivity (Wildman–Crippen MR) is 130 cm³/mol. The molecule has 1 saturated heterocycles. The van der Waals surface area contributed by atoms with Gasteiger partial charge >= 0.3 is 0 Å². The predicted octanol–water partition coefficient (Wildman–Crippen LogP) is 4.49. The fraction of sp³-hybridized carbons (Fsp3) is 0.259. The summed E-state index contributed by atoms with van der Waals surface area (Å²) in [5.41, 5.74) is 2.74. The van der Waals surface area contributed by atoms with Gasteiger partial charge in [-0.25, -0.2) is 0 Å². The quantitative estimate of drug-likeness (QED) is 0.570. The van der Waals surface area contributed by atoms with Crippen LogP contribution in [0.3, 0.4) is 0 Å². The molecule has 0 radical (unpaired) electrons. The van der Waals surface area contributed by atoms with Crippen molar-refractivity contribution < 1.29 is 19.1 Å². The Balaban J connectivity index is 1.26. The summed E-state index contributed by atoms with van der Waals surface area (Å²) in [6, 6.07) is 22.5. The highest BCUT2D eigenvalue weighted by Crippen LogP contribution is 2.38. The van der Waals surface area contributed by atoms with Gasteiger partial charge in [-0.1, -0.05) is 36.4 Å². The fourth-order valence-electron chi connectivity index (χ4n) is 4.54. The number of carbonyl (C=O) groups excluding carboxylic acids is 2. The van der Waals surface area contributed by atoms with Crippen molar-refractivity contribution in [3.63, 3.8) is 0 Å². The third-order valence-corrected chi connectivity index (χ3v) is 6.14. The Morgan fingerprint density at radius 1 is 0.882 bits per heavy atom. The second-order valence-electron chi connectivity index (χ2n) is 8.45. The maximum absolute atomic E-state index is 13.0. The van der Waals surface area contributed by atoms with E-state index in [1.165, 1.54) is 0 Å². The van der Waals surface area contributed by atoms with E-state index >= 15 is 0 Å². The lowest BCUT2D eigenvalue weighted by Crippen LogP contribution is -2.33. The van der Waals surface area contributed by atoms with Crippen molar-refractivity contribution in [1.29, 1.82) is 0 Å². The number of amides is 2. The second-order valence-corrected chi connectivity index (χ2v) is 8.45. The van der Waals surface area contributed by atoms with Crippen LogP contribution in [0.4, 0.5) is 11.4 Å². The molecule has 2 heterocycles. The SMILES string of the molecule is O=C(CN1CCCC1c1ccc2c(c1)OCCO2)Nc1ccccc1C(=O)Nc1ccccc1. The number of likely N-dealkylation sites (tertiary alicyclic amines) is 1. The summed E-state index contributed by atoms with van der Waals surface area (Å²) in [5.74, 6) is 1.11. The van der Waals surface area contributed by atoms with Gasteiger partial charge in [-0.2, -0.15) is 0 Å². The minimum absolute atomic E-state index is 0.137. The van der Waals surface area contributed by atoms with E-state index < -0.39 is 0 Å². The summed E-state index contributed by atoms with van der Waals surface area (Å²) in [4.78, 5) is 28.0. The van der Waals surface area contributed by atoms with Gasteiger partial charge in [0.2, 0.25) is 5.91 Å². The number of carbonyl (C=O) groups is 2. The summed E-state index contributed by atoms with van der Waals surface area (Å²) in [5, 5.41) is 5.82. The molecule has 5 rings (SSSR count). The third-order valence-electron chi connectivity index (χ3n) is 6.14. The Kier molecular flexibility index (Phi) is 6.44. The molecule has 2 amide bonds. The lowest BCUT2D eigenvalue weighted by Gasteiger charge is -2.26. The Morgan fingerprint density at radius 2 is 1.65 bits per heavy atom. The van der Waals surface area contributed by atoms with Crippen LogP contribution in [-0.4, -0.2) is 43.0 Å². The zero-order chi connectivity index (χ0) is 23.3. The molecule has 0 bridgehead atoms. The summed E-state index contributed by atoms with van der Waals surface area (Å²) in [6.07, 6.45) is 1.99. The topological polar surface area (TPSA) is 79.9 Å². The number of benzene rings is 3. The number of fused-ring (bicyclic) bond motifs is 1. The zero-order valence-corrected chi connectivity index (χ0v) is 18.8. The van der Waals surface area contributed by atoms with Crippen LogP contribution in [0.15, 0.2) is 72.8 Å². The smallest absolute Gasteiger partial charge is 0.257 e. The maximum atomic E-state index is 13.0. The van der Waals surface area contributed by atoms with Crippen LogP contribution >= 0.6 is 0 Å². The van der Waals surface area contributed by atoms with E-state index in [0.29, 0.717) is 30.2 Å². The number of anilines is 2. The molecule has 1 unspecified atom stereocenters. The van der Waals surface area contributed by atoms with Gasteiger partial charge in [-0.05, 0) is 61.3 Å². The Labute approximate surface area is 198 Å². The molecule has 2 N–H and O–H groups in total. The molecule has 0 aliphatic carbocycles. The molecule has 1 fully saturated rings. The third kappa shape index (κ3) is 4.89. The first-order valence-corrected chi connectivity index (χ1v) is 11.6. The van der Waals surface area contributed by atoms with Gasteiger partial charge in [0.1, 0.15) is 13.2 Å². The minimum Gasteiger partial charge on any atom is -0.486 e. The summed E-state index contributed by atoms with van der Waals surface area (Å²) >= 11 is 0. The number of nitrogens with one attached hydrogen (secondary N) is 2. The molecule has 174 valence electrons. The highest BCUT2D eigenvalue weighted by molar-refractivity contribution is 6.10. The normalized spacial score (nSPS) is 17.2. The Morgan fingerprint density at radius 3 is 2.50 bits per heavy atom. The van der Waals surface area contributed by atoms with E-state index in [4.69, 9.17) is 9.47 Å². The van der Waals surface area contributed by atoms with Gasteiger partial charge in [-0.15, -0.1) is 0 Å². The van der Waals surface area contributed by atoms with Crippen LogP contribution in [0.5, 0.6) is 11.5 Å². The van der Waals surface area contributed by atoms with E-state index in [-0.39, 0.29) is 24.4 Å². The molecule has 0 aromatic heterocycles. The van der Waals surface area contributed by atoms with Crippen LogP contribution in [0.25, 0.3) is 0 Å². The fourth-order valence-corrected chi connectivity index (χ4v) is 4.54. The van der Waals surface area contributed by atoms with Crippen molar-refractivity contribution in [3.8, 4) is 11.5 Å². The van der Waals surface area contributed by atoms with Crippen molar-refractivity contribution >= 4 is 23.2 Å². The number of hydrogen-bond donors (Lipinski definition) is 2. The van der Waals surface area contributed by atoms with E-state index in [0.717, 1.165) is 36.4 Å². The Bertz CT molecular complexity index is 1180. The first kappa shape index (κ1) is 22.0. The molecule has 2 aliphatic rings. The molecular formula is C27H27N3O4. The zero-order valence-electron chi connectivity index (χ0n) is 18.8. The number of rotatable bonds is 6. The van der Waals surface area contributed by atoms with Crippen molar-refractivity contribution in [2.45, 2.75) is 18.9 Å². The summed E-state index contributed by atoms with van der Waals surface area (Å²) in [7, 11) is 0. The molecule has 1 atom stereocenters. The molecule has 3 aromatic rings. The highest BCUT2D eigenvalue weighted by Gasteiger charge is 2.29. The Hall–Kier alpha value is -3.84. The van der Waals surface area contributed by atoms with Crippen LogP contribution < -0.4 is 20.1 Å². The van der Waals surface area contributed by atoms with E-state index in [1.807, 2.05) is 48.5 Å². The first-order chi connectivity index (χ1) is 16.7. The molecular weight excluding hydrogens is 430 g/mol. The molecule has 2 aliphatic heterocycles. The molecule has 34 heavy (non-hydrogen) atoms. The van der Waals surface area contributed by atoms with Gasteiger partial charge in [-0.3, -0.25) is 14.5 Å². The number of para-hydroxylation sites is 2. The van der Waals surface area contributed by atoms with Gasteiger partial charge in [0.25, 0.3) is 5.91 Å². The van der Waals surface area contributed by atoms with Gasteiger partial charge in [0.05, 0.1) is 17.8 Å². The lowest BCUT2D eigenvalue weighted by molar-refractivity contribution is -0.117. The number of ether oxygens (including phenoxy) is 2. The molecule has 0 spiro atoms. The largest absolute Gasteiger partial charge is 0.486 e. The average molecular weight is 458 g/mol. The molecule has 0 saturated carbocycles. The van der Waals surface area contributed by atoms with Crippen LogP contribution in [0, 0.1) is 0 Å². The second kappa shape index (κ2) is 9.97. The summed E-state index contributed by atoms with van der Waals surface area (Å²) < 4.78 is 11.4. The highest BCUT2D eigenvalue weighted by atomic mass is 16.6. The van der Waals surface area contributed by atoms with Crippen molar-refractivity contribution in [3.05, 3.63) is 83.9 Å². The molecule has 7 nitrogen and oxygen atoms in total. The van der Waals surface area contributed by atoms with Crippen molar-refractivity contribution in [2.75, 3.05) is 36.9 Å². The first-order valence-electron chi connectivity index (χ1n) is 11.6. The standard InChI is InChI=1S/C27H27N3O4/c31-26(29-22-10-5-4-9-21(22)27(32)28-20-7-2-1-3-8-20)18-30-14-6-11-23(30)19-12-13-24-25(17-19)34-16-15-33-24/h1-5,7-10,12-13,17,23H,6,11,14-16,18H2,(H,28,32)(H,29,31). The molecule has 3 aromatic carbocycles. The minimum atomic E-state index is -0.266. The van der Waals surface area contributed by atoms with Gasteiger partial charge in [0.15, 0.2) is 11.5 Å². The lowest BCUT2D eigenvalue weighted by atomic mass is 10.0. The average Bonchev–Trinajstić information content (AvgIpc) is 3.32. The van der Waals surface area contributed by atoms with Gasteiger partial charge in [0, 0.05) is 11.7 Å². The maximum Gasteiger partial charge on any atom is 0.257 e. The van der Waals surface area contributed by atoms with Crippen molar-refractivity contribution in [1.82, 2.24) is 4.90 Å². The monoisotopic (exact) mass is 457 g/mol. The van der Waals surface area contributed by atoms with Crippen LogP contribution in [-0.2, 0) is 4.79 Å². The van der Waals surface area contributed by atoms with E-state index in [9.17, 15) is 9.59 Å². The summed E-state index contributed by atoms with van der Waals surface area (Å²) in [6.45, 7) is 2.19. The number of nitrogens with zero attached hydrogens (tertiary/aromatic N) is 1. The number of hydrogen-bond acceptors (Lipinski definition) is 5. The van der Waals surface area contributed by atoms with Crippen molar-refractivity contribution in [2.24, 2.45) is 0 Å². The molecule has 7 heteroatoms. The van der Waals surface area contributed by atoms with E-state index in [1.54, 1.807) is 18.2 Å².